The maximum atomic E-state index is 13.8. The lowest BCUT2D eigenvalue weighted by Gasteiger charge is -2.30. The smallest absolute Gasteiger partial charge is 0.378 e. The zero-order valence-corrected chi connectivity index (χ0v) is 19.0. The standard InChI is InChI=1S/C22H19ClF3N3O3S/c1-33(30,31)17-8-4-15(5-9-17)19-18(14-2-6-16(23)7-3-14)20(29-10-12-32-13-11-29)28-21(27-19)22(24,25)26/h2-9H,10-13H2,1H3. The van der Waals surface area contributed by atoms with Gasteiger partial charge in [0.2, 0.25) is 5.82 Å². The summed E-state index contributed by atoms with van der Waals surface area (Å²) in [6.07, 6.45) is -3.72. The summed E-state index contributed by atoms with van der Waals surface area (Å²) >= 11 is 6.03. The van der Waals surface area contributed by atoms with Crippen LogP contribution in [0.4, 0.5) is 19.0 Å². The van der Waals surface area contributed by atoms with Crippen LogP contribution in [0.5, 0.6) is 0 Å². The zero-order valence-electron chi connectivity index (χ0n) is 17.4. The number of ether oxygens (including phenoxy) is 1. The van der Waals surface area contributed by atoms with Gasteiger partial charge < -0.3 is 9.64 Å². The zero-order chi connectivity index (χ0) is 23.8. The van der Waals surface area contributed by atoms with Crippen molar-refractivity contribution in [1.29, 1.82) is 0 Å². The number of anilines is 1. The van der Waals surface area contributed by atoms with Gasteiger partial charge in [0.15, 0.2) is 9.84 Å². The van der Waals surface area contributed by atoms with E-state index in [2.05, 4.69) is 9.97 Å². The highest BCUT2D eigenvalue weighted by Gasteiger charge is 2.37. The lowest BCUT2D eigenvalue weighted by atomic mass is 9.98. The van der Waals surface area contributed by atoms with Crippen molar-refractivity contribution < 1.29 is 26.3 Å². The van der Waals surface area contributed by atoms with Crippen LogP contribution >= 0.6 is 11.6 Å². The fourth-order valence-electron chi connectivity index (χ4n) is 3.53. The minimum atomic E-state index is -4.78. The second-order valence-corrected chi connectivity index (χ2v) is 9.95. The molecule has 0 unspecified atom stereocenters. The van der Waals surface area contributed by atoms with E-state index in [1.54, 1.807) is 29.2 Å². The summed E-state index contributed by atoms with van der Waals surface area (Å²) in [5, 5.41) is 0.471. The Bertz CT molecular complexity index is 1260. The Morgan fingerprint density at radius 1 is 0.939 bits per heavy atom. The topological polar surface area (TPSA) is 72.4 Å². The summed E-state index contributed by atoms with van der Waals surface area (Å²) in [6.45, 7) is 1.43. The van der Waals surface area contributed by atoms with Crippen LogP contribution in [0.3, 0.4) is 0 Å². The number of nitrogens with zero attached hydrogens (tertiary/aromatic N) is 3. The second-order valence-electron chi connectivity index (χ2n) is 7.50. The van der Waals surface area contributed by atoms with Crippen molar-refractivity contribution in [2.45, 2.75) is 11.1 Å². The quantitative estimate of drug-likeness (QED) is 0.519. The number of halogens is 4. The summed E-state index contributed by atoms with van der Waals surface area (Å²) < 4.78 is 70.4. The molecule has 0 atom stereocenters. The van der Waals surface area contributed by atoms with Gasteiger partial charge in [0, 0.05) is 29.9 Å². The molecule has 3 aromatic rings. The summed E-state index contributed by atoms with van der Waals surface area (Å²) in [7, 11) is -3.48. The fourth-order valence-corrected chi connectivity index (χ4v) is 4.29. The van der Waals surface area contributed by atoms with E-state index in [9.17, 15) is 21.6 Å². The van der Waals surface area contributed by atoms with Crippen molar-refractivity contribution in [3.63, 3.8) is 0 Å². The first kappa shape index (κ1) is 23.5. The minimum Gasteiger partial charge on any atom is -0.378 e. The summed E-state index contributed by atoms with van der Waals surface area (Å²) in [6, 6.07) is 12.2. The summed E-state index contributed by atoms with van der Waals surface area (Å²) in [5.41, 5.74) is 1.35. The van der Waals surface area contributed by atoms with E-state index in [1.165, 1.54) is 24.3 Å². The highest BCUT2D eigenvalue weighted by Crippen LogP contribution is 2.41. The van der Waals surface area contributed by atoms with Crippen LogP contribution in [-0.4, -0.2) is 50.9 Å². The van der Waals surface area contributed by atoms with Crippen LogP contribution in [0.25, 0.3) is 22.4 Å². The molecule has 0 aliphatic carbocycles. The third-order valence-corrected chi connectivity index (χ3v) is 6.52. The molecule has 11 heteroatoms. The van der Waals surface area contributed by atoms with Crippen LogP contribution in [0.1, 0.15) is 5.82 Å². The molecule has 0 amide bonds. The van der Waals surface area contributed by atoms with E-state index < -0.39 is 21.8 Å². The van der Waals surface area contributed by atoms with Crippen LogP contribution in [0.15, 0.2) is 53.4 Å². The first-order chi connectivity index (χ1) is 15.5. The van der Waals surface area contributed by atoms with Gasteiger partial charge in [-0.1, -0.05) is 35.9 Å². The van der Waals surface area contributed by atoms with Gasteiger partial charge in [-0.05, 0) is 29.8 Å². The van der Waals surface area contributed by atoms with Gasteiger partial charge >= 0.3 is 6.18 Å². The van der Waals surface area contributed by atoms with Crippen molar-refractivity contribution in [2.75, 3.05) is 37.5 Å². The van der Waals surface area contributed by atoms with Crippen molar-refractivity contribution in [1.82, 2.24) is 9.97 Å². The largest absolute Gasteiger partial charge is 0.451 e. The molecule has 1 saturated heterocycles. The van der Waals surface area contributed by atoms with Crippen LogP contribution in [0.2, 0.25) is 5.02 Å². The van der Waals surface area contributed by atoms with E-state index in [-0.39, 0.29) is 16.4 Å². The van der Waals surface area contributed by atoms with Crippen LogP contribution in [0, 0.1) is 0 Å². The molecule has 174 valence electrons. The van der Waals surface area contributed by atoms with Crippen molar-refractivity contribution in [3.05, 3.63) is 59.4 Å². The Labute approximate surface area is 193 Å². The van der Waals surface area contributed by atoms with E-state index in [4.69, 9.17) is 16.3 Å². The summed E-state index contributed by atoms with van der Waals surface area (Å²) in [4.78, 5) is 9.59. The number of alkyl halides is 3. The molecule has 1 aromatic heterocycles. The van der Waals surface area contributed by atoms with Gasteiger partial charge in [0.25, 0.3) is 0 Å². The molecule has 0 spiro atoms. The monoisotopic (exact) mass is 497 g/mol. The molecular weight excluding hydrogens is 479 g/mol. The molecule has 1 aliphatic rings. The molecule has 0 radical (unpaired) electrons. The van der Waals surface area contributed by atoms with Gasteiger partial charge in [-0.15, -0.1) is 0 Å². The molecule has 0 bridgehead atoms. The van der Waals surface area contributed by atoms with Gasteiger partial charge in [-0.2, -0.15) is 13.2 Å². The highest BCUT2D eigenvalue weighted by molar-refractivity contribution is 7.90. The van der Waals surface area contributed by atoms with Crippen LogP contribution < -0.4 is 4.90 Å². The molecule has 1 aliphatic heterocycles. The Morgan fingerprint density at radius 2 is 1.52 bits per heavy atom. The number of rotatable bonds is 4. The third-order valence-electron chi connectivity index (χ3n) is 5.14. The Kier molecular flexibility index (Phi) is 6.35. The Balaban J connectivity index is 2.00. The lowest BCUT2D eigenvalue weighted by molar-refractivity contribution is -0.144. The lowest BCUT2D eigenvalue weighted by Crippen LogP contribution is -2.37. The first-order valence-corrected chi connectivity index (χ1v) is 12.2. The molecule has 2 aromatic carbocycles. The molecule has 2 heterocycles. The molecular formula is C22H19ClF3N3O3S. The first-order valence-electron chi connectivity index (χ1n) is 9.92. The molecule has 33 heavy (non-hydrogen) atoms. The molecule has 6 nitrogen and oxygen atoms in total. The van der Waals surface area contributed by atoms with Gasteiger partial charge in [-0.25, -0.2) is 18.4 Å². The maximum Gasteiger partial charge on any atom is 0.451 e. The SMILES string of the molecule is CS(=O)(=O)c1ccc(-c2nc(C(F)(F)F)nc(N3CCOCC3)c2-c2ccc(Cl)cc2)cc1. The van der Waals surface area contributed by atoms with E-state index >= 15 is 0 Å². The number of sulfone groups is 1. The number of aromatic nitrogens is 2. The van der Waals surface area contributed by atoms with Crippen molar-refractivity contribution >= 4 is 27.3 Å². The Hall–Kier alpha value is -2.69. The van der Waals surface area contributed by atoms with Crippen molar-refractivity contribution in [3.8, 4) is 22.4 Å². The predicted octanol–water partition coefficient (Wildman–Crippen LogP) is 4.72. The predicted molar refractivity (Wildman–Crippen MR) is 119 cm³/mol. The Morgan fingerprint density at radius 3 is 2.06 bits per heavy atom. The van der Waals surface area contributed by atoms with E-state index in [1.807, 2.05) is 0 Å². The van der Waals surface area contributed by atoms with Gasteiger partial charge in [0.05, 0.1) is 29.4 Å². The fraction of sp³-hybridized carbons (Fsp3) is 0.273. The molecule has 0 N–H and O–H groups in total. The third kappa shape index (κ3) is 5.13. The number of hydrogen-bond acceptors (Lipinski definition) is 6. The van der Waals surface area contributed by atoms with Gasteiger partial charge in [0.1, 0.15) is 5.82 Å². The molecule has 4 rings (SSSR count). The van der Waals surface area contributed by atoms with Crippen LogP contribution in [-0.2, 0) is 20.8 Å². The summed E-state index contributed by atoms with van der Waals surface area (Å²) in [5.74, 6) is -1.14. The van der Waals surface area contributed by atoms with E-state index in [0.717, 1.165) is 6.26 Å². The maximum absolute atomic E-state index is 13.8. The second kappa shape index (κ2) is 8.92. The number of morpholine rings is 1. The normalized spacial score (nSPS) is 15.0. The van der Waals surface area contributed by atoms with Gasteiger partial charge in [-0.3, -0.25) is 0 Å². The average molecular weight is 498 g/mol. The van der Waals surface area contributed by atoms with Crippen molar-refractivity contribution in [2.24, 2.45) is 0 Å². The minimum absolute atomic E-state index is 0.0428. The highest BCUT2D eigenvalue weighted by atomic mass is 35.5. The number of hydrogen-bond donors (Lipinski definition) is 0. The molecule has 1 fully saturated rings. The number of benzene rings is 2. The van der Waals surface area contributed by atoms with E-state index in [0.29, 0.717) is 48.0 Å². The molecule has 0 saturated carbocycles. The average Bonchev–Trinajstić information content (AvgIpc) is 2.78.